The second kappa shape index (κ2) is 6.28. The zero-order chi connectivity index (χ0) is 14.7. The van der Waals surface area contributed by atoms with Crippen LogP contribution >= 0.6 is 0 Å². The van der Waals surface area contributed by atoms with Crippen LogP contribution in [0.2, 0.25) is 0 Å². The van der Waals surface area contributed by atoms with E-state index < -0.39 is 0 Å². The van der Waals surface area contributed by atoms with Gasteiger partial charge in [0, 0.05) is 50.3 Å². The number of morpholine rings is 1. The Morgan fingerprint density at radius 3 is 2.90 bits per heavy atom. The molecular weight excluding hydrogens is 266 g/mol. The van der Waals surface area contributed by atoms with Gasteiger partial charge < -0.3 is 14.6 Å². The SMILES string of the molecule is CN(CCN1CCOCC1)C(=O)c1c[nH]c2ccccc12. The molecule has 0 spiro atoms. The second-order valence-electron chi connectivity index (χ2n) is 5.43. The third kappa shape index (κ3) is 3.09. The van der Waals surface area contributed by atoms with Gasteiger partial charge in [0.2, 0.25) is 0 Å². The number of hydrogen-bond donors (Lipinski definition) is 1. The van der Waals surface area contributed by atoms with Gasteiger partial charge in [-0.3, -0.25) is 9.69 Å². The first-order chi connectivity index (χ1) is 10.3. The number of aromatic amines is 1. The molecule has 0 atom stereocenters. The number of fused-ring (bicyclic) bond motifs is 1. The molecule has 1 saturated heterocycles. The number of amides is 1. The zero-order valence-corrected chi connectivity index (χ0v) is 12.3. The summed E-state index contributed by atoms with van der Waals surface area (Å²) in [5, 5.41) is 0.987. The van der Waals surface area contributed by atoms with Crippen LogP contribution in [0, 0.1) is 0 Å². The van der Waals surface area contributed by atoms with E-state index in [0.717, 1.165) is 55.9 Å². The van der Waals surface area contributed by atoms with Gasteiger partial charge in [0.25, 0.3) is 5.91 Å². The summed E-state index contributed by atoms with van der Waals surface area (Å²) in [6, 6.07) is 7.89. The number of benzene rings is 1. The summed E-state index contributed by atoms with van der Waals surface area (Å²) < 4.78 is 5.33. The maximum Gasteiger partial charge on any atom is 0.255 e. The maximum absolute atomic E-state index is 12.6. The summed E-state index contributed by atoms with van der Waals surface area (Å²) in [5.41, 5.74) is 1.75. The number of nitrogens with one attached hydrogen (secondary N) is 1. The van der Waals surface area contributed by atoms with Gasteiger partial charge in [0.1, 0.15) is 0 Å². The van der Waals surface area contributed by atoms with Crippen molar-refractivity contribution in [1.29, 1.82) is 0 Å². The van der Waals surface area contributed by atoms with Crippen LogP contribution < -0.4 is 0 Å². The molecule has 0 unspecified atom stereocenters. The molecule has 0 radical (unpaired) electrons. The maximum atomic E-state index is 12.6. The van der Waals surface area contributed by atoms with Crippen molar-refractivity contribution in [1.82, 2.24) is 14.8 Å². The molecule has 21 heavy (non-hydrogen) atoms. The summed E-state index contributed by atoms with van der Waals surface area (Å²) in [5.74, 6) is 0.0701. The number of likely N-dealkylation sites (N-methyl/N-ethyl adjacent to an activating group) is 1. The predicted octanol–water partition coefficient (Wildman–Crippen LogP) is 1.57. The summed E-state index contributed by atoms with van der Waals surface area (Å²) in [6.45, 7) is 5.12. The van der Waals surface area contributed by atoms with Crippen molar-refractivity contribution in [2.24, 2.45) is 0 Å². The number of nitrogens with zero attached hydrogens (tertiary/aromatic N) is 2. The summed E-state index contributed by atoms with van der Waals surface area (Å²) >= 11 is 0. The molecule has 1 aromatic heterocycles. The van der Waals surface area contributed by atoms with Crippen LogP contribution in [-0.2, 0) is 4.74 Å². The first-order valence-corrected chi connectivity index (χ1v) is 7.37. The van der Waals surface area contributed by atoms with Crippen LogP contribution in [0.15, 0.2) is 30.5 Å². The van der Waals surface area contributed by atoms with Crippen LogP contribution in [0.3, 0.4) is 0 Å². The fraction of sp³-hybridized carbons (Fsp3) is 0.438. The Morgan fingerprint density at radius 1 is 1.33 bits per heavy atom. The van der Waals surface area contributed by atoms with E-state index in [1.165, 1.54) is 0 Å². The molecule has 5 nitrogen and oxygen atoms in total. The molecule has 112 valence electrons. The second-order valence-corrected chi connectivity index (χ2v) is 5.43. The molecule has 3 rings (SSSR count). The normalized spacial score (nSPS) is 16.2. The van der Waals surface area contributed by atoms with Crippen LogP contribution in [0.4, 0.5) is 0 Å². The smallest absolute Gasteiger partial charge is 0.255 e. The Kier molecular flexibility index (Phi) is 4.22. The van der Waals surface area contributed by atoms with E-state index in [0.29, 0.717) is 0 Å². The monoisotopic (exact) mass is 287 g/mol. The minimum absolute atomic E-state index is 0.0701. The lowest BCUT2D eigenvalue weighted by atomic mass is 10.1. The molecule has 5 heteroatoms. The minimum atomic E-state index is 0.0701. The van der Waals surface area contributed by atoms with Gasteiger partial charge >= 0.3 is 0 Å². The third-order valence-corrected chi connectivity index (χ3v) is 4.02. The number of carbonyl (C=O) groups is 1. The van der Waals surface area contributed by atoms with Crippen molar-refractivity contribution in [2.75, 3.05) is 46.4 Å². The van der Waals surface area contributed by atoms with E-state index in [1.54, 1.807) is 11.1 Å². The number of H-pyrrole nitrogens is 1. The lowest BCUT2D eigenvalue weighted by Crippen LogP contribution is -2.41. The van der Waals surface area contributed by atoms with Gasteiger partial charge in [-0.05, 0) is 6.07 Å². The van der Waals surface area contributed by atoms with Gasteiger partial charge in [-0.25, -0.2) is 0 Å². The van der Waals surface area contributed by atoms with Crippen molar-refractivity contribution in [2.45, 2.75) is 0 Å². The fourth-order valence-electron chi connectivity index (χ4n) is 2.67. The topological polar surface area (TPSA) is 48.6 Å². The van der Waals surface area contributed by atoms with Crippen molar-refractivity contribution < 1.29 is 9.53 Å². The van der Waals surface area contributed by atoms with Gasteiger partial charge in [0.15, 0.2) is 0 Å². The molecule has 0 aliphatic carbocycles. The molecule has 1 N–H and O–H groups in total. The minimum Gasteiger partial charge on any atom is -0.379 e. The molecule has 1 amide bonds. The van der Waals surface area contributed by atoms with E-state index in [4.69, 9.17) is 4.74 Å². The number of hydrogen-bond acceptors (Lipinski definition) is 3. The molecule has 0 saturated carbocycles. The zero-order valence-electron chi connectivity index (χ0n) is 12.3. The molecule has 1 aliphatic rings. The molecule has 2 heterocycles. The highest BCUT2D eigenvalue weighted by atomic mass is 16.5. The highest BCUT2D eigenvalue weighted by Gasteiger charge is 2.17. The summed E-state index contributed by atoms with van der Waals surface area (Å²) in [7, 11) is 1.87. The molecule has 1 aromatic carbocycles. The molecule has 1 aliphatic heterocycles. The molecular formula is C16H21N3O2. The summed E-state index contributed by atoms with van der Waals surface area (Å²) in [4.78, 5) is 19.8. The number of aromatic nitrogens is 1. The first kappa shape index (κ1) is 14.1. The Balaban J connectivity index is 1.64. The quantitative estimate of drug-likeness (QED) is 0.928. The van der Waals surface area contributed by atoms with Crippen LogP contribution in [-0.4, -0.2) is 67.1 Å². The van der Waals surface area contributed by atoms with Crippen molar-refractivity contribution in [3.8, 4) is 0 Å². The highest BCUT2D eigenvalue weighted by Crippen LogP contribution is 2.18. The Morgan fingerprint density at radius 2 is 2.10 bits per heavy atom. The molecule has 0 bridgehead atoms. The number of carbonyl (C=O) groups excluding carboxylic acids is 1. The number of ether oxygens (including phenoxy) is 1. The third-order valence-electron chi connectivity index (χ3n) is 4.02. The van der Waals surface area contributed by atoms with E-state index in [1.807, 2.05) is 31.3 Å². The van der Waals surface area contributed by atoms with Gasteiger partial charge in [0.05, 0.1) is 18.8 Å². The van der Waals surface area contributed by atoms with E-state index in [-0.39, 0.29) is 5.91 Å². The Bertz CT molecular complexity index is 617. The average Bonchev–Trinajstić information content (AvgIpc) is 2.97. The van der Waals surface area contributed by atoms with E-state index in [2.05, 4.69) is 9.88 Å². The summed E-state index contributed by atoms with van der Waals surface area (Å²) in [6.07, 6.45) is 1.80. The van der Waals surface area contributed by atoms with Crippen molar-refractivity contribution >= 4 is 16.8 Å². The average molecular weight is 287 g/mol. The Labute approximate surface area is 124 Å². The highest BCUT2D eigenvalue weighted by molar-refractivity contribution is 6.06. The lowest BCUT2D eigenvalue weighted by molar-refractivity contribution is 0.0338. The van der Waals surface area contributed by atoms with Crippen LogP contribution in [0.1, 0.15) is 10.4 Å². The number of para-hydroxylation sites is 1. The van der Waals surface area contributed by atoms with Crippen LogP contribution in [0.25, 0.3) is 10.9 Å². The molecule has 1 fully saturated rings. The largest absolute Gasteiger partial charge is 0.379 e. The number of rotatable bonds is 4. The predicted molar refractivity (Wildman–Crippen MR) is 82.5 cm³/mol. The first-order valence-electron chi connectivity index (χ1n) is 7.37. The fourth-order valence-corrected chi connectivity index (χ4v) is 2.67. The van der Waals surface area contributed by atoms with Crippen LogP contribution in [0.5, 0.6) is 0 Å². The van der Waals surface area contributed by atoms with Gasteiger partial charge in [-0.1, -0.05) is 18.2 Å². The van der Waals surface area contributed by atoms with Gasteiger partial charge in [-0.2, -0.15) is 0 Å². The molecule has 2 aromatic rings. The lowest BCUT2D eigenvalue weighted by Gasteiger charge is -2.28. The van der Waals surface area contributed by atoms with E-state index in [9.17, 15) is 4.79 Å². The van der Waals surface area contributed by atoms with Gasteiger partial charge in [-0.15, -0.1) is 0 Å². The van der Waals surface area contributed by atoms with Crippen molar-refractivity contribution in [3.05, 3.63) is 36.0 Å². The van der Waals surface area contributed by atoms with Crippen molar-refractivity contribution in [3.63, 3.8) is 0 Å². The van der Waals surface area contributed by atoms with E-state index >= 15 is 0 Å². The Hall–Kier alpha value is -1.85. The standard InChI is InChI=1S/C16H21N3O2/c1-18(6-7-19-8-10-21-11-9-19)16(20)14-12-17-15-5-3-2-4-13(14)15/h2-5,12,17H,6-11H2,1H3.